The quantitative estimate of drug-likeness (QED) is 0.0145. The average molecular weight is 1200 g/mol. The van der Waals surface area contributed by atoms with Crippen molar-refractivity contribution in [3.63, 3.8) is 0 Å². The number of fused-ring (bicyclic) bond motifs is 1. The zero-order chi connectivity index (χ0) is 56.8. The lowest BCUT2D eigenvalue weighted by Gasteiger charge is -2.25. The molecule has 0 saturated carbocycles. The Morgan fingerprint density at radius 2 is 1.37 bits per heavy atom. The first-order valence-corrected chi connectivity index (χ1v) is 28.8. The van der Waals surface area contributed by atoms with Crippen LogP contribution in [0, 0.1) is 17.5 Å². The first-order chi connectivity index (χ1) is 37.9. The highest BCUT2D eigenvalue weighted by Crippen LogP contribution is 2.39. The van der Waals surface area contributed by atoms with E-state index in [1.807, 2.05) is 17.0 Å². The fraction of sp³-hybridized carbons (Fsp3) is 0.565. The maximum absolute atomic E-state index is 13.6. The summed E-state index contributed by atoms with van der Waals surface area (Å²) in [5, 5.41) is 34.7. The van der Waals surface area contributed by atoms with Crippen molar-refractivity contribution in [1.29, 1.82) is 0 Å². The van der Waals surface area contributed by atoms with E-state index in [-0.39, 0.29) is 76.7 Å². The lowest BCUT2D eigenvalue weighted by molar-refractivity contribution is -0.136. The Hall–Kier alpha value is -4.57. The Balaban J connectivity index is 0.784. The van der Waals surface area contributed by atoms with Gasteiger partial charge in [-0.25, -0.2) is 31.0 Å². The fourth-order valence-corrected chi connectivity index (χ4v) is 11.0. The third-order valence-corrected chi connectivity index (χ3v) is 15.3. The number of aliphatic hydroxyl groups excluding tert-OH is 2. The maximum Gasteiger partial charge on any atom is 0.340 e. The van der Waals surface area contributed by atoms with E-state index in [1.54, 1.807) is 23.0 Å². The molecule has 79 heavy (non-hydrogen) atoms. The van der Waals surface area contributed by atoms with E-state index >= 15 is 0 Å². The highest BCUT2D eigenvalue weighted by Gasteiger charge is 2.47. The van der Waals surface area contributed by atoms with Gasteiger partial charge in [-0.05, 0) is 23.2 Å². The van der Waals surface area contributed by atoms with Crippen LogP contribution in [-0.4, -0.2) is 204 Å². The van der Waals surface area contributed by atoms with Crippen LogP contribution >= 0.6 is 30.8 Å². The number of aromatic nitrogens is 7. The summed E-state index contributed by atoms with van der Waals surface area (Å²) in [6.07, 6.45) is -3.61. The van der Waals surface area contributed by atoms with Gasteiger partial charge in [-0.1, -0.05) is 35.0 Å². The molecule has 0 spiro atoms. The molecule has 6 rings (SSSR count). The number of aliphatic hydroxyl groups is 2. The Bertz CT molecular complexity index is 2840. The molecule has 1 saturated heterocycles. The molecule has 4 heterocycles. The summed E-state index contributed by atoms with van der Waals surface area (Å²) in [5.74, 6) is -6.35. The molecule has 4 N–H and O–H groups in total. The first kappa shape index (κ1) is 63.6. The highest BCUT2D eigenvalue weighted by atomic mass is 35.5. The van der Waals surface area contributed by atoms with E-state index in [1.165, 1.54) is 6.20 Å². The molecule has 0 radical (unpaired) electrons. The lowest BCUT2D eigenvalue weighted by Crippen LogP contribution is -2.36. The van der Waals surface area contributed by atoms with E-state index < -0.39 is 82.4 Å². The number of rotatable bonds is 38. The van der Waals surface area contributed by atoms with Crippen LogP contribution in [0.4, 0.5) is 19.0 Å². The van der Waals surface area contributed by atoms with Crippen LogP contribution in [0.3, 0.4) is 0 Å². The second-order valence-corrected chi connectivity index (χ2v) is 22.1. The zero-order valence-electron chi connectivity index (χ0n) is 42.3. The summed E-state index contributed by atoms with van der Waals surface area (Å²) in [7, 11) is -9.38. The van der Waals surface area contributed by atoms with Gasteiger partial charge in [0.25, 0.3) is 0 Å². The van der Waals surface area contributed by atoms with Gasteiger partial charge in [0, 0.05) is 30.2 Å². The summed E-state index contributed by atoms with van der Waals surface area (Å²) >= 11 is 13.0. The predicted octanol–water partition coefficient (Wildman–Crippen LogP) is 2.65. The number of hydrogen-bond acceptors (Lipinski definition) is 22. The van der Waals surface area contributed by atoms with E-state index in [9.17, 15) is 50.9 Å². The number of halogens is 5. The molecule has 33 heteroatoms. The van der Waals surface area contributed by atoms with Gasteiger partial charge in [0.1, 0.15) is 35.6 Å². The molecule has 5 aromatic rings. The highest BCUT2D eigenvalue weighted by molar-refractivity contribution is 7.97. The molecule has 0 bridgehead atoms. The minimum Gasteiger partial charge on any atom is -0.420 e. The molecule has 0 aliphatic carbocycles. The molecular formula is C46H60Cl2F3N8O18PS. The summed E-state index contributed by atoms with van der Waals surface area (Å²) in [6.45, 7) is 5.20. The lowest BCUT2D eigenvalue weighted by atomic mass is 10.1. The summed E-state index contributed by atoms with van der Waals surface area (Å²) in [5.41, 5.74) is -0.0110. The van der Waals surface area contributed by atoms with Crippen LogP contribution in [0.2, 0.25) is 10.3 Å². The number of carbonyl (C=O) groups is 1. The standard InChI is InChI=1S/C46H60Cl2F3N8O18PS/c47-35-4-2-1-3-31(35)26-57(43-34-25-52-59(44(34)54-46(48)53-43)45-41(62)40(61)38(76-45)29-79(66,67)30-78(63,64)65)6-9-69-12-15-72-19-20-74-21-22-75-28-33-27-58(56-55-33)7-10-70-13-16-73-18-17-71-14-11-68-8-5-39(60)77-42-36(50)23-32(49)24-37(42)51/h1-4,23-25,27,38,40-41,45,61-62H,5-22,26,28-30H2,(H2,63,64,65)/t38-,40-,41-,45-/m1/s1. The monoisotopic (exact) mass is 1200 g/mol. The van der Waals surface area contributed by atoms with Crippen molar-refractivity contribution in [2.45, 2.75) is 50.7 Å². The second-order valence-electron chi connectivity index (χ2n) is 17.1. The van der Waals surface area contributed by atoms with Gasteiger partial charge < -0.3 is 72.3 Å². The van der Waals surface area contributed by atoms with Crippen LogP contribution in [-0.2, 0) is 81.5 Å². The average Bonchev–Trinajstić information content (AvgIpc) is 4.22. The smallest absolute Gasteiger partial charge is 0.340 e. The van der Waals surface area contributed by atoms with Gasteiger partial charge >= 0.3 is 13.6 Å². The summed E-state index contributed by atoms with van der Waals surface area (Å²) in [4.78, 5) is 40.7. The molecule has 0 unspecified atom stereocenters. The van der Waals surface area contributed by atoms with Crippen molar-refractivity contribution in [3.05, 3.63) is 87.8 Å². The van der Waals surface area contributed by atoms with Crippen molar-refractivity contribution in [1.82, 2.24) is 34.7 Å². The van der Waals surface area contributed by atoms with Gasteiger partial charge in [-0.2, -0.15) is 15.1 Å². The van der Waals surface area contributed by atoms with Gasteiger partial charge in [-0.15, -0.1) is 5.10 Å². The molecule has 3 aromatic heterocycles. The van der Waals surface area contributed by atoms with Crippen LogP contribution < -0.4 is 9.64 Å². The SMILES string of the molecule is O=C(CCOCCOCCOCCOCCn1cc(COCCOCCOCCOCCN(Cc2ccccc2Cl)c2nc(Cl)nc3c2cnn3[C@@H]2O[C@H](CS(=O)(=O)CP(=O)(O)O)[C@@H](O)[C@H]2O)nn1)Oc1c(F)cc(F)cc1F. The minimum atomic E-state index is -4.96. The van der Waals surface area contributed by atoms with Crippen LogP contribution in [0.1, 0.15) is 23.9 Å². The number of esters is 1. The molecule has 438 valence electrons. The predicted molar refractivity (Wildman–Crippen MR) is 271 cm³/mol. The Morgan fingerprint density at radius 1 is 0.785 bits per heavy atom. The largest absolute Gasteiger partial charge is 0.420 e. The number of benzene rings is 2. The molecular weight excluding hydrogens is 1140 g/mol. The fourth-order valence-electron chi connectivity index (χ4n) is 7.42. The number of ether oxygens (including phenoxy) is 10. The molecule has 1 fully saturated rings. The van der Waals surface area contributed by atoms with Crippen molar-refractivity contribution < 1.29 is 98.3 Å². The Kier molecular flexibility index (Phi) is 25.9. The van der Waals surface area contributed by atoms with Crippen LogP contribution in [0.5, 0.6) is 5.75 Å². The van der Waals surface area contributed by atoms with Gasteiger partial charge in [0.05, 0.1) is 142 Å². The first-order valence-electron chi connectivity index (χ1n) is 24.4. The van der Waals surface area contributed by atoms with E-state index in [0.29, 0.717) is 100 Å². The Morgan fingerprint density at radius 3 is 1.99 bits per heavy atom. The van der Waals surface area contributed by atoms with Gasteiger partial charge in [0.2, 0.25) is 11.0 Å². The number of hydrogen-bond donors (Lipinski definition) is 4. The Labute approximate surface area is 460 Å². The molecule has 26 nitrogen and oxygen atoms in total. The van der Waals surface area contributed by atoms with E-state index in [2.05, 4.69) is 30.1 Å². The van der Waals surface area contributed by atoms with Crippen molar-refractivity contribution in [2.24, 2.45) is 0 Å². The molecule has 1 aliphatic rings. The summed E-state index contributed by atoms with van der Waals surface area (Å²) in [6, 6.07) is 8.00. The normalized spacial score (nSPS) is 16.8. The van der Waals surface area contributed by atoms with Crippen LogP contribution in [0.25, 0.3) is 11.0 Å². The van der Waals surface area contributed by atoms with E-state index in [4.69, 9.17) is 65.8 Å². The number of nitrogens with zero attached hydrogens (tertiary/aromatic N) is 8. The van der Waals surface area contributed by atoms with Gasteiger partial charge in [-0.3, -0.25) is 9.36 Å². The number of anilines is 1. The van der Waals surface area contributed by atoms with Gasteiger partial charge in [0.15, 0.2) is 38.8 Å². The maximum atomic E-state index is 13.6. The van der Waals surface area contributed by atoms with Crippen molar-refractivity contribution >= 4 is 63.5 Å². The van der Waals surface area contributed by atoms with E-state index in [0.717, 1.165) is 10.2 Å². The second kappa shape index (κ2) is 32.2. The number of sulfone groups is 1. The molecule has 2 aromatic carbocycles. The molecule has 0 amide bonds. The third-order valence-electron chi connectivity index (χ3n) is 11.1. The third kappa shape index (κ3) is 21.4. The molecule has 4 atom stereocenters. The zero-order valence-corrected chi connectivity index (χ0v) is 45.5. The molecule has 1 aliphatic heterocycles. The topological polar surface area (TPSA) is 319 Å². The summed E-state index contributed by atoms with van der Waals surface area (Å²) < 4.78 is 134. The van der Waals surface area contributed by atoms with Crippen LogP contribution in [0.15, 0.2) is 48.8 Å². The van der Waals surface area contributed by atoms with Crippen molar-refractivity contribution in [2.75, 3.05) is 122 Å². The van der Waals surface area contributed by atoms with Crippen molar-refractivity contribution in [3.8, 4) is 5.75 Å². The minimum absolute atomic E-state index is 0.0689. The number of carbonyl (C=O) groups excluding carboxylic acids is 1.